The first-order chi connectivity index (χ1) is 11.0. The third-order valence-corrected chi connectivity index (χ3v) is 4.21. The van der Waals surface area contributed by atoms with Crippen LogP contribution in [0.4, 0.5) is 8.78 Å². The molecule has 0 saturated heterocycles. The standard InChI is InChI=1S/C17H17F2N3O/c1-3-16-12-8-14(19)13(18)7-11(12)4-5-22(16)17(23)15-6-10(2)20-9-21-15/h6-9,16H,3-5H2,1-2H3. The van der Waals surface area contributed by atoms with Crippen LogP contribution < -0.4 is 0 Å². The van der Waals surface area contributed by atoms with Crippen LogP contribution in [0.2, 0.25) is 0 Å². The highest BCUT2D eigenvalue weighted by Crippen LogP contribution is 2.34. The van der Waals surface area contributed by atoms with E-state index >= 15 is 0 Å². The Morgan fingerprint density at radius 2 is 2.00 bits per heavy atom. The molecule has 1 aromatic heterocycles. The van der Waals surface area contributed by atoms with Crippen molar-refractivity contribution in [2.45, 2.75) is 32.7 Å². The number of carbonyl (C=O) groups excluding carboxylic acids is 1. The lowest BCUT2D eigenvalue weighted by atomic mass is 9.90. The molecule has 1 amide bonds. The van der Waals surface area contributed by atoms with Crippen LogP contribution in [-0.4, -0.2) is 27.3 Å². The predicted molar refractivity (Wildman–Crippen MR) is 80.9 cm³/mol. The SMILES string of the molecule is CCC1c2cc(F)c(F)cc2CCN1C(=O)c1cc(C)ncn1. The van der Waals surface area contributed by atoms with Crippen molar-refractivity contribution < 1.29 is 13.6 Å². The number of benzene rings is 1. The average Bonchev–Trinajstić information content (AvgIpc) is 2.54. The minimum Gasteiger partial charge on any atom is -0.330 e. The van der Waals surface area contributed by atoms with Gasteiger partial charge >= 0.3 is 0 Å². The molecule has 6 heteroatoms. The van der Waals surface area contributed by atoms with Gasteiger partial charge in [-0.1, -0.05) is 6.92 Å². The third-order valence-electron chi connectivity index (χ3n) is 4.21. The molecule has 120 valence electrons. The molecule has 2 heterocycles. The van der Waals surface area contributed by atoms with E-state index < -0.39 is 11.6 Å². The van der Waals surface area contributed by atoms with E-state index in [-0.39, 0.29) is 11.9 Å². The Balaban J connectivity index is 1.98. The molecule has 0 spiro atoms. The molecule has 4 nitrogen and oxygen atoms in total. The van der Waals surface area contributed by atoms with E-state index in [9.17, 15) is 13.6 Å². The fourth-order valence-electron chi connectivity index (χ4n) is 3.10. The number of aryl methyl sites for hydroxylation is 1. The number of hydrogen-bond donors (Lipinski definition) is 0. The van der Waals surface area contributed by atoms with Gasteiger partial charge in [0.1, 0.15) is 12.0 Å². The van der Waals surface area contributed by atoms with Crippen LogP contribution in [0.25, 0.3) is 0 Å². The summed E-state index contributed by atoms with van der Waals surface area (Å²) >= 11 is 0. The van der Waals surface area contributed by atoms with Crippen molar-refractivity contribution in [3.05, 3.63) is 58.7 Å². The van der Waals surface area contributed by atoms with Crippen LogP contribution in [0.1, 0.15) is 46.7 Å². The summed E-state index contributed by atoms with van der Waals surface area (Å²) in [7, 11) is 0. The second-order valence-electron chi connectivity index (χ2n) is 5.68. The van der Waals surface area contributed by atoms with Crippen molar-refractivity contribution in [1.82, 2.24) is 14.9 Å². The summed E-state index contributed by atoms with van der Waals surface area (Å²) in [5.41, 5.74) is 2.47. The second kappa shape index (κ2) is 6.02. The second-order valence-corrected chi connectivity index (χ2v) is 5.68. The zero-order valence-electron chi connectivity index (χ0n) is 13.0. The van der Waals surface area contributed by atoms with Crippen molar-refractivity contribution in [2.75, 3.05) is 6.54 Å². The van der Waals surface area contributed by atoms with Crippen LogP contribution in [0.15, 0.2) is 24.5 Å². The van der Waals surface area contributed by atoms with Crippen molar-refractivity contribution in [2.24, 2.45) is 0 Å². The first-order valence-electron chi connectivity index (χ1n) is 7.58. The smallest absolute Gasteiger partial charge is 0.273 e. The Morgan fingerprint density at radius 3 is 2.70 bits per heavy atom. The minimum atomic E-state index is -0.880. The van der Waals surface area contributed by atoms with E-state index in [0.717, 1.165) is 5.56 Å². The van der Waals surface area contributed by atoms with Crippen molar-refractivity contribution in [3.8, 4) is 0 Å². The Bertz CT molecular complexity index is 763. The van der Waals surface area contributed by atoms with E-state index in [1.54, 1.807) is 17.9 Å². The summed E-state index contributed by atoms with van der Waals surface area (Å²) in [6.07, 6.45) is 2.48. The van der Waals surface area contributed by atoms with E-state index in [4.69, 9.17) is 0 Å². The number of aromatic nitrogens is 2. The molecule has 23 heavy (non-hydrogen) atoms. The molecule has 2 aromatic rings. The van der Waals surface area contributed by atoms with Gasteiger partial charge in [-0.3, -0.25) is 4.79 Å². The van der Waals surface area contributed by atoms with Crippen LogP contribution in [0.3, 0.4) is 0 Å². The molecule has 1 unspecified atom stereocenters. The molecule has 1 atom stereocenters. The first kappa shape index (κ1) is 15.5. The quantitative estimate of drug-likeness (QED) is 0.854. The molecule has 0 radical (unpaired) electrons. The van der Waals surface area contributed by atoms with Gasteiger partial charge in [0.05, 0.1) is 6.04 Å². The highest BCUT2D eigenvalue weighted by Gasteiger charge is 2.31. The van der Waals surface area contributed by atoms with Crippen molar-refractivity contribution >= 4 is 5.91 Å². The molecular weight excluding hydrogens is 300 g/mol. The van der Waals surface area contributed by atoms with Gasteiger partial charge in [0.25, 0.3) is 5.91 Å². The van der Waals surface area contributed by atoms with Gasteiger partial charge < -0.3 is 4.90 Å². The first-order valence-corrected chi connectivity index (χ1v) is 7.58. The summed E-state index contributed by atoms with van der Waals surface area (Å²) in [5.74, 6) is -1.93. The number of rotatable bonds is 2. The molecule has 0 N–H and O–H groups in total. The number of carbonyl (C=O) groups is 1. The number of amides is 1. The minimum absolute atomic E-state index is 0.210. The highest BCUT2D eigenvalue weighted by atomic mass is 19.2. The number of hydrogen-bond acceptors (Lipinski definition) is 3. The number of halogens is 2. The van der Waals surface area contributed by atoms with Crippen LogP contribution >= 0.6 is 0 Å². The molecule has 0 aliphatic carbocycles. The van der Waals surface area contributed by atoms with Gasteiger partial charge in [-0.15, -0.1) is 0 Å². The summed E-state index contributed by atoms with van der Waals surface area (Å²) in [6.45, 7) is 4.17. The van der Waals surface area contributed by atoms with E-state index in [1.165, 1.54) is 18.5 Å². The van der Waals surface area contributed by atoms with Crippen molar-refractivity contribution in [1.29, 1.82) is 0 Å². The maximum Gasteiger partial charge on any atom is 0.273 e. The van der Waals surface area contributed by atoms with Crippen LogP contribution in [0, 0.1) is 18.6 Å². The molecule has 0 saturated carbocycles. The maximum atomic E-state index is 13.6. The van der Waals surface area contributed by atoms with Gasteiger partial charge in [0.15, 0.2) is 11.6 Å². The van der Waals surface area contributed by atoms with Crippen LogP contribution in [0.5, 0.6) is 0 Å². The highest BCUT2D eigenvalue weighted by molar-refractivity contribution is 5.92. The largest absolute Gasteiger partial charge is 0.330 e. The monoisotopic (exact) mass is 317 g/mol. The predicted octanol–water partition coefficient (Wildman–Crippen LogP) is 3.21. The maximum absolute atomic E-state index is 13.6. The third kappa shape index (κ3) is 2.81. The Labute approximate surface area is 133 Å². The fourth-order valence-corrected chi connectivity index (χ4v) is 3.10. The fraction of sp³-hybridized carbons (Fsp3) is 0.353. The molecule has 3 rings (SSSR count). The van der Waals surface area contributed by atoms with Gasteiger partial charge in [-0.2, -0.15) is 0 Å². The van der Waals surface area contributed by atoms with Gasteiger partial charge in [0, 0.05) is 12.2 Å². The van der Waals surface area contributed by atoms with Gasteiger partial charge in [-0.25, -0.2) is 18.7 Å². The lowest BCUT2D eigenvalue weighted by Gasteiger charge is -2.37. The number of nitrogens with zero attached hydrogens (tertiary/aromatic N) is 3. The normalized spacial score (nSPS) is 17.0. The molecule has 1 aromatic carbocycles. The Kier molecular flexibility index (Phi) is 4.07. The molecule has 0 fully saturated rings. The summed E-state index contributed by atoms with van der Waals surface area (Å²) in [5, 5.41) is 0. The average molecular weight is 317 g/mol. The summed E-state index contributed by atoms with van der Waals surface area (Å²) in [4.78, 5) is 22.5. The molecular formula is C17H17F2N3O. The lowest BCUT2D eigenvalue weighted by Crippen LogP contribution is -2.40. The zero-order valence-corrected chi connectivity index (χ0v) is 13.0. The van der Waals surface area contributed by atoms with E-state index in [2.05, 4.69) is 9.97 Å². The van der Waals surface area contributed by atoms with Crippen LogP contribution in [-0.2, 0) is 6.42 Å². The lowest BCUT2D eigenvalue weighted by molar-refractivity contribution is 0.0648. The molecule has 1 aliphatic rings. The van der Waals surface area contributed by atoms with E-state index in [1.807, 2.05) is 6.92 Å². The molecule has 1 aliphatic heterocycles. The van der Waals surface area contributed by atoms with Crippen molar-refractivity contribution in [3.63, 3.8) is 0 Å². The van der Waals surface area contributed by atoms with E-state index in [0.29, 0.717) is 36.3 Å². The number of fused-ring (bicyclic) bond motifs is 1. The summed E-state index contributed by atoms with van der Waals surface area (Å²) in [6, 6.07) is 3.81. The molecule has 0 bridgehead atoms. The van der Waals surface area contributed by atoms with Gasteiger partial charge in [-0.05, 0) is 49.1 Å². The Morgan fingerprint density at radius 1 is 1.26 bits per heavy atom. The zero-order chi connectivity index (χ0) is 16.6. The summed E-state index contributed by atoms with van der Waals surface area (Å²) < 4.78 is 27.1. The van der Waals surface area contributed by atoms with Gasteiger partial charge in [0.2, 0.25) is 0 Å². The Hall–Kier alpha value is -2.37. The topological polar surface area (TPSA) is 46.1 Å².